The number of nitrogens with one attached hydrogen (secondary N) is 2. The topological polar surface area (TPSA) is 33.3 Å². The molecule has 0 amide bonds. The highest BCUT2D eigenvalue weighted by Crippen LogP contribution is 2.51. The van der Waals surface area contributed by atoms with E-state index in [1.165, 1.54) is 22.4 Å². The number of hydrogen-bond acceptors (Lipinski definition) is 3. The van der Waals surface area contributed by atoms with E-state index in [1.54, 1.807) is 0 Å². The molecule has 0 aromatic heterocycles. The highest BCUT2D eigenvalue weighted by molar-refractivity contribution is 5.69. The van der Waals surface area contributed by atoms with Crippen LogP contribution in [0.4, 0.5) is 17.1 Å². The summed E-state index contributed by atoms with van der Waals surface area (Å²) in [5.41, 5.74) is 7.20. The molecule has 2 aliphatic rings. The average Bonchev–Trinajstić information content (AvgIpc) is 3.39. The molecule has 3 heteroatoms. The highest BCUT2D eigenvalue weighted by atomic mass is 16.5. The smallest absolute Gasteiger partial charge is 0.125 e. The van der Waals surface area contributed by atoms with Crippen molar-refractivity contribution in [2.75, 3.05) is 10.6 Å². The van der Waals surface area contributed by atoms with Crippen molar-refractivity contribution in [1.29, 1.82) is 0 Å². The van der Waals surface area contributed by atoms with Crippen molar-refractivity contribution in [2.45, 2.75) is 25.0 Å². The number of para-hydroxylation sites is 2. The van der Waals surface area contributed by atoms with E-state index in [9.17, 15) is 0 Å². The van der Waals surface area contributed by atoms with Crippen LogP contribution in [0.1, 0.15) is 35.1 Å². The first-order valence-electron chi connectivity index (χ1n) is 12.0. The van der Waals surface area contributed by atoms with Crippen LogP contribution in [0.5, 0.6) is 5.75 Å². The van der Waals surface area contributed by atoms with Gasteiger partial charge in [0.05, 0.1) is 6.04 Å². The molecule has 34 heavy (non-hydrogen) atoms. The molecule has 1 aliphatic carbocycles. The summed E-state index contributed by atoms with van der Waals surface area (Å²) in [6, 6.07) is 36.1. The lowest BCUT2D eigenvalue weighted by molar-refractivity contribution is 0.296. The van der Waals surface area contributed by atoms with E-state index >= 15 is 0 Å². The van der Waals surface area contributed by atoms with Crippen LogP contribution in [-0.2, 0) is 6.61 Å². The van der Waals surface area contributed by atoms with Crippen LogP contribution in [0.2, 0.25) is 0 Å². The minimum Gasteiger partial charge on any atom is -0.489 e. The van der Waals surface area contributed by atoms with Crippen LogP contribution in [0, 0.1) is 5.92 Å². The van der Waals surface area contributed by atoms with E-state index in [1.807, 2.05) is 12.1 Å². The monoisotopic (exact) mass is 444 g/mol. The third-order valence-corrected chi connectivity index (χ3v) is 6.92. The number of hydrogen-bond donors (Lipinski definition) is 2. The molecule has 168 valence electrons. The van der Waals surface area contributed by atoms with Gasteiger partial charge < -0.3 is 15.4 Å². The molecule has 0 fully saturated rings. The summed E-state index contributed by atoms with van der Waals surface area (Å²) in [6.45, 7) is 0.571. The maximum Gasteiger partial charge on any atom is 0.125 e. The van der Waals surface area contributed by atoms with Crippen LogP contribution in [-0.4, -0.2) is 0 Å². The number of rotatable bonds is 6. The molecule has 3 atom stereocenters. The van der Waals surface area contributed by atoms with Gasteiger partial charge in [0, 0.05) is 28.5 Å². The molecule has 1 aliphatic heterocycles. The molecule has 2 N–H and O–H groups in total. The van der Waals surface area contributed by atoms with Crippen LogP contribution in [0.3, 0.4) is 0 Å². The Morgan fingerprint density at radius 3 is 2.38 bits per heavy atom. The number of fused-ring (bicyclic) bond motifs is 3. The van der Waals surface area contributed by atoms with E-state index in [0.717, 1.165) is 23.5 Å². The largest absolute Gasteiger partial charge is 0.489 e. The van der Waals surface area contributed by atoms with Gasteiger partial charge in [0.2, 0.25) is 0 Å². The summed E-state index contributed by atoms with van der Waals surface area (Å²) in [6.07, 6.45) is 5.78. The van der Waals surface area contributed by atoms with Crippen LogP contribution in [0.25, 0.3) is 0 Å². The minimum absolute atomic E-state index is 0.201. The van der Waals surface area contributed by atoms with Crippen molar-refractivity contribution in [1.82, 2.24) is 0 Å². The summed E-state index contributed by atoms with van der Waals surface area (Å²) in [7, 11) is 0. The first-order chi connectivity index (χ1) is 16.8. The number of allylic oxidation sites excluding steroid dienone is 2. The molecule has 4 aromatic rings. The van der Waals surface area contributed by atoms with Crippen molar-refractivity contribution < 1.29 is 4.74 Å². The molecule has 0 saturated carbocycles. The maximum absolute atomic E-state index is 6.33. The second-order valence-corrected chi connectivity index (χ2v) is 9.08. The number of anilines is 3. The van der Waals surface area contributed by atoms with E-state index in [0.29, 0.717) is 18.4 Å². The molecule has 0 radical (unpaired) electrons. The van der Waals surface area contributed by atoms with Gasteiger partial charge in [-0.05, 0) is 59.9 Å². The van der Waals surface area contributed by atoms with Crippen molar-refractivity contribution in [3.05, 3.63) is 132 Å². The Bertz CT molecular complexity index is 1300. The van der Waals surface area contributed by atoms with Gasteiger partial charge >= 0.3 is 0 Å². The standard InChI is InChI=1S/C31H28N2O/c1-3-10-22(11-4-1)21-34-30-17-8-7-14-27(30)31-26-16-9-15-25(26)28-20-24(18-19-29(28)33-31)32-23-12-5-2-6-13-23/h1-15,17-20,25-26,31-33H,16,21H2. The second-order valence-electron chi connectivity index (χ2n) is 9.08. The first kappa shape index (κ1) is 20.6. The maximum atomic E-state index is 6.33. The summed E-state index contributed by atoms with van der Waals surface area (Å²) >= 11 is 0. The molecule has 6 rings (SSSR count). The fourth-order valence-corrected chi connectivity index (χ4v) is 5.27. The van der Waals surface area contributed by atoms with Gasteiger partial charge in [-0.25, -0.2) is 0 Å². The lowest BCUT2D eigenvalue weighted by atomic mass is 9.76. The summed E-state index contributed by atoms with van der Waals surface area (Å²) < 4.78 is 6.33. The molecule has 0 saturated heterocycles. The van der Waals surface area contributed by atoms with Crippen LogP contribution in [0.15, 0.2) is 115 Å². The Morgan fingerprint density at radius 2 is 1.53 bits per heavy atom. The summed E-state index contributed by atoms with van der Waals surface area (Å²) in [5, 5.41) is 7.41. The van der Waals surface area contributed by atoms with Gasteiger partial charge in [0.15, 0.2) is 0 Å². The van der Waals surface area contributed by atoms with Gasteiger partial charge in [-0.15, -0.1) is 0 Å². The predicted octanol–water partition coefficient (Wildman–Crippen LogP) is 7.84. The quantitative estimate of drug-likeness (QED) is 0.297. The van der Waals surface area contributed by atoms with E-state index < -0.39 is 0 Å². The number of benzene rings is 4. The van der Waals surface area contributed by atoms with Crippen LogP contribution < -0.4 is 15.4 Å². The van der Waals surface area contributed by atoms with E-state index in [-0.39, 0.29) is 6.04 Å². The molecule has 0 bridgehead atoms. The van der Waals surface area contributed by atoms with Crippen molar-refractivity contribution >= 4 is 17.1 Å². The molecular weight excluding hydrogens is 416 g/mol. The summed E-state index contributed by atoms with van der Waals surface area (Å²) in [4.78, 5) is 0. The molecule has 1 heterocycles. The van der Waals surface area contributed by atoms with Crippen molar-refractivity contribution in [3.8, 4) is 5.75 Å². The SMILES string of the molecule is C1=CC2c3cc(Nc4ccccc4)ccc3NC(c3ccccc3OCc3ccccc3)C2C1. The Kier molecular flexibility index (Phi) is 5.52. The molecular formula is C31H28N2O. The zero-order chi connectivity index (χ0) is 22.7. The minimum atomic E-state index is 0.201. The Hall–Kier alpha value is -3.98. The molecule has 0 spiro atoms. The first-order valence-corrected chi connectivity index (χ1v) is 12.0. The molecule has 3 nitrogen and oxygen atoms in total. The third kappa shape index (κ3) is 4.06. The van der Waals surface area contributed by atoms with Gasteiger partial charge in [-0.3, -0.25) is 0 Å². The molecule has 3 unspecified atom stereocenters. The van der Waals surface area contributed by atoms with Gasteiger partial charge in [0.1, 0.15) is 12.4 Å². The van der Waals surface area contributed by atoms with Gasteiger partial charge in [-0.1, -0.05) is 78.9 Å². The zero-order valence-electron chi connectivity index (χ0n) is 19.0. The lowest BCUT2D eigenvalue weighted by Gasteiger charge is -2.38. The van der Waals surface area contributed by atoms with E-state index in [2.05, 4.69) is 114 Å². The predicted molar refractivity (Wildman–Crippen MR) is 140 cm³/mol. The zero-order valence-corrected chi connectivity index (χ0v) is 19.0. The van der Waals surface area contributed by atoms with Crippen molar-refractivity contribution in [2.24, 2.45) is 5.92 Å². The lowest BCUT2D eigenvalue weighted by Crippen LogP contribution is -2.29. The number of ether oxygens (including phenoxy) is 1. The Morgan fingerprint density at radius 1 is 0.765 bits per heavy atom. The Labute approximate surface area is 201 Å². The van der Waals surface area contributed by atoms with E-state index in [4.69, 9.17) is 4.74 Å². The average molecular weight is 445 g/mol. The second kappa shape index (κ2) is 9.11. The van der Waals surface area contributed by atoms with Crippen molar-refractivity contribution in [3.63, 3.8) is 0 Å². The van der Waals surface area contributed by atoms with Crippen LogP contribution >= 0.6 is 0 Å². The van der Waals surface area contributed by atoms with Gasteiger partial charge in [0.25, 0.3) is 0 Å². The fraction of sp³-hybridized carbons (Fsp3) is 0.161. The summed E-state index contributed by atoms with van der Waals surface area (Å²) in [5.74, 6) is 1.81. The fourth-order valence-electron chi connectivity index (χ4n) is 5.27. The molecule has 4 aromatic carbocycles. The highest BCUT2D eigenvalue weighted by Gasteiger charge is 2.39. The normalized spacial score (nSPS) is 20.2. The Balaban J connectivity index is 1.28. The third-order valence-electron chi connectivity index (χ3n) is 6.92. The van der Waals surface area contributed by atoms with Gasteiger partial charge in [-0.2, -0.15) is 0 Å².